The van der Waals surface area contributed by atoms with Gasteiger partial charge in [-0.25, -0.2) is 5.01 Å². The smallest absolute Gasteiger partial charge is 0.0882 e. The fourth-order valence-corrected chi connectivity index (χ4v) is 0.937. The number of hydrogen-bond acceptors (Lipinski definition) is 2. The molecule has 0 aliphatic heterocycles. The highest BCUT2D eigenvalue weighted by molar-refractivity contribution is 5.42. The van der Waals surface area contributed by atoms with Crippen LogP contribution >= 0.6 is 0 Å². The average molecular weight is 152 g/mol. The molecular formula is C8H12N2O. The third kappa shape index (κ3) is 1.93. The summed E-state index contributed by atoms with van der Waals surface area (Å²) >= 11 is 0. The Bertz CT molecular complexity index is 197. The normalized spacial score (nSPS) is 9.64. The Kier molecular flexibility index (Phi) is 2.89. The second-order valence-corrected chi connectivity index (χ2v) is 2.23. The predicted molar refractivity (Wildman–Crippen MR) is 44.8 cm³/mol. The van der Waals surface area contributed by atoms with E-state index in [0.717, 1.165) is 11.3 Å². The summed E-state index contributed by atoms with van der Waals surface area (Å²) in [6, 6.07) is 9.60. The van der Waals surface area contributed by atoms with E-state index in [1.54, 1.807) is 5.01 Å². The molecule has 3 nitrogen and oxygen atoms in total. The van der Waals surface area contributed by atoms with E-state index >= 15 is 0 Å². The van der Waals surface area contributed by atoms with Gasteiger partial charge in [-0.05, 0) is 19.1 Å². The van der Waals surface area contributed by atoms with Gasteiger partial charge in [0.1, 0.15) is 0 Å². The van der Waals surface area contributed by atoms with Crippen LogP contribution in [0.4, 0.5) is 5.69 Å². The number of nitrogens with two attached hydrogens (primary N) is 1. The Hall–Kier alpha value is -1.06. The first-order chi connectivity index (χ1) is 5.38. The number of benzene rings is 1. The fraction of sp³-hybridized carbons (Fsp3) is 0.250. The zero-order valence-corrected chi connectivity index (χ0v) is 6.53. The van der Waals surface area contributed by atoms with Gasteiger partial charge in [-0.3, -0.25) is 5.59 Å². The van der Waals surface area contributed by atoms with Gasteiger partial charge in [0.15, 0.2) is 0 Å². The fourth-order valence-electron chi connectivity index (χ4n) is 0.937. The maximum absolute atomic E-state index is 10.5. The summed E-state index contributed by atoms with van der Waals surface area (Å²) in [6.07, 6.45) is 0. The molecule has 1 aromatic carbocycles. The standard InChI is InChI=1S/C8H12N2O/c1-2-10(9-11)8-6-4-3-5-7-8/h3-7H,2,9H2,1H3. The Morgan fingerprint density at radius 1 is 1.36 bits per heavy atom. The van der Waals surface area contributed by atoms with Crippen LogP contribution in [0.1, 0.15) is 6.92 Å². The van der Waals surface area contributed by atoms with Crippen LogP contribution in [0.5, 0.6) is 0 Å². The van der Waals surface area contributed by atoms with Crippen LogP contribution < -0.4 is 10.6 Å². The van der Waals surface area contributed by atoms with Gasteiger partial charge in [0.2, 0.25) is 0 Å². The molecule has 3 heteroatoms. The number of hydrogen-bond donors (Lipinski definition) is 1. The molecule has 0 saturated heterocycles. The van der Waals surface area contributed by atoms with Crippen molar-refractivity contribution in [2.45, 2.75) is 6.92 Å². The third-order valence-electron chi connectivity index (χ3n) is 1.56. The molecule has 0 fully saturated rings. The molecule has 0 unspecified atom stereocenters. The largest absolute Gasteiger partial charge is 0.609 e. The third-order valence-corrected chi connectivity index (χ3v) is 1.56. The van der Waals surface area contributed by atoms with E-state index in [1.807, 2.05) is 37.3 Å². The molecule has 60 valence electrons. The SMILES string of the molecule is CCN([NH2+][O-])c1ccccc1. The molecule has 0 radical (unpaired) electrons. The number of rotatable bonds is 3. The van der Waals surface area contributed by atoms with Crippen molar-refractivity contribution in [1.82, 2.24) is 0 Å². The molecule has 0 spiro atoms. The highest BCUT2D eigenvalue weighted by atomic mass is 16.5. The van der Waals surface area contributed by atoms with E-state index in [9.17, 15) is 5.21 Å². The Labute approximate surface area is 66.2 Å². The maximum atomic E-state index is 10.5. The Morgan fingerprint density at radius 3 is 2.45 bits per heavy atom. The van der Waals surface area contributed by atoms with Crippen LogP contribution in [-0.4, -0.2) is 6.54 Å². The summed E-state index contributed by atoms with van der Waals surface area (Å²) in [7, 11) is 0. The molecule has 11 heavy (non-hydrogen) atoms. The summed E-state index contributed by atoms with van der Waals surface area (Å²) in [5.41, 5.74) is 1.79. The van der Waals surface area contributed by atoms with Gasteiger partial charge in [-0.15, -0.1) is 0 Å². The summed E-state index contributed by atoms with van der Waals surface area (Å²) in [6.45, 7) is 2.66. The summed E-state index contributed by atoms with van der Waals surface area (Å²) in [5, 5.41) is 12.1. The molecule has 0 saturated carbocycles. The number of anilines is 1. The van der Waals surface area contributed by atoms with Gasteiger partial charge in [0.05, 0.1) is 12.2 Å². The zero-order chi connectivity index (χ0) is 8.10. The molecule has 0 aliphatic rings. The monoisotopic (exact) mass is 152 g/mol. The van der Waals surface area contributed by atoms with Crippen LogP contribution in [0.2, 0.25) is 0 Å². The van der Waals surface area contributed by atoms with E-state index in [2.05, 4.69) is 0 Å². The van der Waals surface area contributed by atoms with E-state index in [0.29, 0.717) is 6.54 Å². The average Bonchev–Trinajstić information content (AvgIpc) is 2.09. The number of para-hydroxylation sites is 1. The molecule has 0 atom stereocenters. The lowest BCUT2D eigenvalue weighted by atomic mass is 10.3. The lowest BCUT2D eigenvalue weighted by Gasteiger charge is -2.20. The van der Waals surface area contributed by atoms with E-state index < -0.39 is 0 Å². The molecule has 1 aromatic rings. The van der Waals surface area contributed by atoms with Crippen molar-refractivity contribution < 1.29 is 5.59 Å². The van der Waals surface area contributed by atoms with Crippen molar-refractivity contribution in [3.05, 3.63) is 35.5 Å². The van der Waals surface area contributed by atoms with Crippen molar-refractivity contribution in [2.24, 2.45) is 0 Å². The van der Waals surface area contributed by atoms with Gasteiger partial charge in [-0.2, -0.15) is 0 Å². The van der Waals surface area contributed by atoms with Gasteiger partial charge in [0, 0.05) is 0 Å². The van der Waals surface area contributed by atoms with Crippen LogP contribution in [0.3, 0.4) is 0 Å². The van der Waals surface area contributed by atoms with Crippen LogP contribution in [0.25, 0.3) is 0 Å². The second-order valence-electron chi connectivity index (χ2n) is 2.23. The van der Waals surface area contributed by atoms with E-state index in [4.69, 9.17) is 0 Å². The lowest BCUT2D eigenvalue weighted by Crippen LogP contribution is -2.89. The molecule has 0 heterocycles. The van der Waals surface area contributed by atoms with Crippen LogP contribution in [-0.2, 0) is 0 Å². The minimum atomic E-state index is 0.716. The Morgan fingerprint density at radius 2 is 2.00 bits per heavy atom. The Balaban J connectivity index is 2.74. The zero-order valence-electron chi connectivity index (χ0n) is 6.53. The number of nitrogens with zero attached hydrogens (tertiary/aromatic N) is 1. The first-order valence-corrected chi connectivity index (χ1v) is 3.65. The topological polar surface area (TPSA) is 42.9 Å². The van der Waals surface area contributed by atoms with E-state index in [1.165, 1.54) is 0 Å². The predicted octanol–water partition coefficient (Wildman–Crippen LogP) is 0.489. The molecule has 2 N–H and O–H groups in total. The van der Waals surface area contributed by atoms with Crippen molar-refractivity contribution in [3.63, 3.8) is 0 Å². The summed E-state index contributed by atoms with van der Waals surface area (Å²) in [5.74, 6) is 0. The molecular weight excluding hydrogens is 140 g/mol. The van der Waals surface area contributed by atoms with Crippen LogP contribution in [0.15, 0.2) is 30.3 Å². The van der Waals surface area contributed by atoms with E-state index in [-0.39, 0.29) is 0 Å². The lowest BCUT2D eigenvalue weighted by molar-refractivity contribution is -0.601. The van der Waals surface area contributed by atoms with Gasteiger partial charge >= 0.3 is 0 Å². The van der Waals surface area contributed by atoms with Gasteiger partial charge in [0.25, 0.3) is 0 Å². The summed E-state index contributed by atoms with van der Waals surface area (Å²) in [4.78, 5) is 0. The first kappa shape index (κ1) is 8.04. The minimum Gasteiger partial charge on any atom is -0.609 e. The first-order valence-electron chi connectivity index (χ1n) is 3.65. The van der Waals surface area contributed by atoms with Crippen molar-refractivity contribution in [2.75, 3.05) is 11.6 Å². The van der Waals surface area contributed by atoms with Crippen molar-refractivity contribution in [1.29, 1.82) is 0 Å². The molecule has 0 bridgehead atoms. The molecule has 0 amide bonds. The minimum absolute atomic E-state index is 0.716. The molecule has 0 aliphatic carbocycles. The number of quaternary nitrogens is 1. The van der Waals surface area contributed by atoms with Gasteiger partial charge < -0.3 is 5.21 Å². The summed E-state index contributed by atoms with van der Waals surface area (Å²) < 4.78 is 0. The highest BCUT2D eigenvalue weighted by Gasteiger charge is 1.99. The van der Waals surface area contributed by atoms with Gasteiger partial charge in [-0.1, -0.05) is 18.2 Å². The highest BCUT2D eigenvalue weighted by Crippen LogP contribution is 2.06. The molecule has 1 rings (SSSR count). The van der Waals surface area contributed by atoms with Crippen molar-refractivity contribution in [3.8, 4) is 0 Å². The maximum Gasteiger partial charge on any atom is 0.0882 e. The molecule has 0 aromatic heterocycles. The second kappa shape index (κ2) is 3.95. The van der Waals surface area contributed by atoms with Crippen LogP contribution in [0, 0.1) is 5.21 Å². The van der Waals surface area contributed by atoms with Crippen molar-refractivity contribution >= 4 is 5.69 Å². The quantitative estimate of drug-likeness (QED) is 0.506.